The van der Waals surface area contributed by atoms with Crippen molar-refractivity contribution in [2.24, 2.45) is 0 Å². The average molecular weight is 239 g/mol. The fourth-order valence-corrected chi connectivity index (χ4v) is 1.39. The van der Waals surface area contributed by atoms with Crippen LogP contribution >= 0.6 is 11.6 Å². The van der Waals surface area contributed by atoms with Crippen molar-refractivity contribution in [3.8, 4) is 0 Å². The van der Waals surface area contributed by atoms with E-state index in [1.807, 2.05) is 0 Å². The number of carbonyl (C=O) groups is 1. The maximum absolute atomic E-state index is 10.4. The van der Waals surface area contributed by atoms with Crippen LogP contribution in [0.15, 0.2) is 18.3 Å². The first-order valence-electron chi connectivity index (χ1n) is 4.41. The molecule has 0 aliphatic carbocycles. The molecule has 2 aromatic heterocycles. The van der Waals surface area contributed by atoms with Crippen LogP contribution < -0.4 is 5.32 Å². The van der Waals surface area contributed by atoms with E-state index in [4.69, 9.17) is 16.7 Å². The smallest absolute Gasteiger partial charge is 0.322 e. The summed E-state index contributed by atoms with van der Waals surface area (Å²) in [6, 6.07) is 3.45. The van der Waals surface area contributed by atoms with Gasteiger partial charge in [0.15, 0.2) is 5.65 Å². The number of nitrogens with zero attached hydrogens (tertiary/aromatic N) is 3. The predicted molar refractivity (Wildman–Crippen MR) is 58.5 cm³/mol. The Kier molecular flexibility index (Phi) is 2.82. The van der Waals surface area contributed by atoms with Gasteiger partial charge in [0.1, 0.15) is 12.4 Å². The lowest BCUT2D eigenvalue weighted by Crippen LogP contribution is -2.13. The van der Waals surface area contributed by atoms with Crippen molar-refractivity contribution >= 4 is 34.4 Å². The molecule has 0 unspecified atom stereocenters. The lowest BCUT2D eigenvalue weighted by molar-refractivity contribution is -0.134. The minimum atomic E-state index is -0.980. The van der Waals surface area contributed by atoms with Gasteiger partial charge >= 0.3 is 5.97 Å². The highest BCUT2D eigenvalue weighted by atomic mass is 35.5. The second-order valence-electron chi connectivity index (χ2n) is 2.96. The summed E-state index contributed by atoms with van der Waals surface area (Å²) < 4.78 is 0. The van der Waals surface area contributed by atoms with E-state index in [1.165, 1.54) is 0 Å². The van der Waals surface area contributed by atoms with Crippen LogP contribution in [0.5, 0.6) is 0 Å². The number of nitrogens with one attached hydrogen (secondary N) is 1. The summed E-state index contributed by atoms with van der Waals surface area (Å²) in [6.45, 7) is -0.239. The van der Waals surface area contributed by atoms with Crippen LogP contribution in [0.4, 0.5) is 5.82 Å². The third-order valence-electron chi connectivity index (χ3n) is 1.85. The van der Waals surface area contributed by atoms with Gasteiger partial charge in [-0.1, -0.05) is 0 Å². The van der Waals surface area contributed by atoms with Crippen molar-refractivity contribution in [1.82, 2.24) is 15.0 Å². The molecule has 0 atom stereocenters. The van der Waals surface area contributed by atoms with Gasteiger partial charge in [0, 0.05) is 6.20 Å². The number of pyridine rings is 1. The number of fused-ring (bicyclic) bond motifs is 1. The fourth-order valence-electron chi connectivity index (χ4n) is 1.23. The minimum absolute atomic E-state index is 0.0269. The quantitative estimate of drug-likeness (QED) is 0.781. The third kappa shape index (κ3) is 2.17. The Hall–Kier alpha value is -1.95. The van der Waals surface area contributed by atoms with Crippen LogP contribution in [0, 0.1) is 0 Å². The third-order valence-corrected chi connectivity index (χ3v) is 2.02. The summed E-state index contributed by atoms with van der Waals surface area (Å²) >= 11 is 5.69. The van der Waals surface area contributed by atoms with Crippen LogP contribution in [-0.2, 0) is 4.79 Å². The van der Waals surface area contributed by atoms with E-state index in [2.05, 4.69) is 20.3 Å². The van der Waals surface area contributed by atoms with Crippen molar-refractivity contribution in [2.45, 2.75) is 0 Å². The Morgan fingerprint density at radius 1 is 1.50 bits per heavy atom. The molecule has 0 aromatic carbocycles. The first-order valence-corrected chi connectivity index (χ1v) is 4.78. The van der Waals surface area contributed by atoms with Crippen LogP contribution in [0.25, 0.3) is 11.0 Å². The van der Waals surface area contributed by atoms with E-state index < -0.39 is 5.97 Å². The van der Waals surface area contributed by atoms with E-state index in [9.17, 15) is 4.79 Å². The summed E-state index contributed by atoms with van der Waals surface area (Å²) in [5.41, 5.74) is 0.426. The van der Waals surface area contributed by atoms with Gasteiger partial charge in [-0.15, -0.1) is 0 Å². The first kappa shape index (κ1) is 10.6. The molecule has 2 N–H and O–H groups in total. The summed E-state index contributed by atoms with van der Waals surface area (Å²) in [5.74, 6) is -0.614. The van der Waals surface area contributed by atoms with Gasteiger partial charge in [-0.2, -0.15) is 4.98 Å². The van der Waals surface area contributed by atoms with Crippen molar-refractivity contribution in [3.05, 3.63) is 23.6 Å². The number of hydrogen-bond acceptors (Lipinski definition) is 5. The van der Waals surface area contributed by atoms with Gasteiger partial charge in [0.25, 0.3) is 0 Å². The van der Waals surface area contributed by atoms with Gasteiger partial charge in [0.05, 0.1) is 5.39 Å². The number of carboxylic acids is 1. The SMILES string of the molecule is O=C(O)CNc1nc(Cl)nc2ncccc12. The fraction of sp³-hybridized carbons (Fsp3) is 0.111. The van der Waals surface area contributed by atoms with Gasteiger partial charge in [-0.3, -0.25) is 4.79 Å². The van der Waals surface area contributed by atoms with E-state index in [-0.39, 0.29) is 11.8 Å². The predicted octanol–water partition coefficient (Wildman–Crippen LogP) is 1.17. The molecule has 0 fully saturated rings. The highest BCUT2D eigenvalue weighted by molar-refractivity contribution is 6.28. The molecule has 0 aliphatic rings. The second-order valence-corrected chi connectivity index (χ2v) is 3.30. The summed E-state index contributed by atoms with van der Waals surface area (Å²) in [5, 5.41) is 11.9. The van der Waals surface area contributed by atoms with E-state index >= 15 is 0 Å². The van der Waals surface area contributed by atoms with Crippen LogP contribution in [0.3, 0.4) is 0 Å². The van der Waals surface area contributed by atoms with Crippen LogP contribution in [0.1, 0.15) is 0 Å². The molecular formula is C9H7ClN4O2. The van der Waals surface area contributed by atoms with Crippen LogP contribution in [0.2, 0.25) is 5.28 Å². The van der Waals surface area contributed by atoms with E-state index in [1.54, 1.807) is 18.3 Å². The lowest BCUT2D eigenvalue weighted by Gasteiger charge is -2.05. The molecule has 16 heavy (non-hydrogen) atoms. The molecule has 82 valence electrons. The zero-order chi connectivity index (χ0) is 11.5. The normalized spacial score (nSPS) is 10.3. The summed E-state index contributed by atoms with van der Waals surface area (Å²) in [4.78, 5) is 22.3. The lowest BCUT2D eigenvalue weighted by atomic mass is 10.3. The Morgan fingerprint density at radius 2 is 2.31 bits per heavy atom. The van der Waals surface area contributed by atoms with Gasteiger partial charge < -0.3 is 10.4 Å². The summed E-state index contributed by atoms with van der Waals surface area (Å²) in [7, 11) is 0. The molecule has 7 heteroatoms. The number of hydrogen-bond donors (Lipinski definition) is 2. The average Bonchev–Trinajstić information content (AvgIpc) is 2.25. The zero-order valence-corrected chi connectivity index (χ0v) is 8.77. The Labute approximate surface area is 95.3 Å². The van der Waals surface area contributed by atoms with Crippen molar-refractivity contribution < 1.29 is 9.90 Å². The number of carboxylic acid groups (broad SMARTS) is 1. The van der Waals surface area contributed by atoms with Crippen molar-refractivity contribution in [1.29, 1.82) is 0 Å². The highest BCUT2D eigenvalue weighted by Crippen LogP contribution is 2.19. The maximum Gasteiger partial charge on any atom is 0.322 e. The molecule has 0 aliphatic heterocycles. The topological polar surface area (TPSA) is 88.0 Å². The molecule has 2 heterocycles. The van der Waals surface area contributed by atoms with Crippen molar-refractivity contribution in [3.63, 3.8) is 0 Å². The molecule has 0 amide bonds. The standard InChI is InChI=1S/C9H7ClN4O2/c10-9-13-7-5(2-1-3-11-7)8(14-9)12-4-6(15)16/h1-3H,4H2,(H,15,16)(H,11,12,13,14). The second kappa shape index (κ2) is 4.28. The molecule has 6 nitrogen and oxygen atoms in total. The molecule has 0 saturated carbocycles. The monoisotopic (exact) mass is 238 g/mol. The zero-order valence-electron chi connectivity index (χ0n) is 8.01. The molecule has 0 bridgehead atoms. The number of aromatic nitrogens is 3. The highest BCUT2D eigenvalue weighted by Gasteiger charge is 2.07. The molecule has 0 radical (unpaired) electrons. The van der Waals surface area contributed by atoms with E-state index in [0.29, 0.717) is 16.9 Å². The van der Waals surface area contributed by atoms with Gasteiger partial charge in [-0.25, -0.2) is 9.97 Å². The molecule has 2 aromatic rings. The number of aliphatic carboxylic acids is 1. The number of anilines is 1. The summed E-state index contributed by atoms with van der Waals surface area (Å²) in [6.07, 6.45) is 1.58. The molecule has 2 rings (SSSR count). The van der Waals surface area contributed by atoms with E-state index in [0.717, 1.165) is 0 Å². The van der Waals surface area contributed by atoms with Crippen molar-refractivity contribution in [2.75, 3.05) is 11.9 Å². The largest absolute Gasteiger partial charge is 0.480 e. The molecular weight excluding hydrogens is 232 g/mol. The maximum atomic E-state index is 10.4. The van der Waals surface area contributed by atoms with Gasteiger partial charge in [-0.05, 0) is 23.7 Å². The Morgan fingerprint density at radius 3 is 3.06 bits per heavy atom. The molecule has 0 spiro atoms. The van der Waals surface area contributed by atoms with Crippen LogP contribution in [-0.4, -0.2) is 32.6 Å². The van der Waals surface area contributed by atoms with Gasteiger partial charge in [0.2, 0.25) is 5.28 Å². The Bertz CT molecular complexity index is 546. The first-order chi connectivity index (χ1) is 7.66. The number of rotatable bonds is 3. The minimum Gasteiger partial charge on any atom is -0.480 e. The Balaban J connectivity index is 2.46. The number of halogens is 1. The molecule has 0 saturated heterocycles.